The van der Waals surface area contributed by atoms with Gasteiger partial charge < -0.3 is 23.3 Å². The van der Waals surface area contributed by atoms with E-state index in [9.17, 15) is 0 Å². The second-order valence-corrected chi connectivity index (χ2v) is 9.22. The SMILES string of the molecule is CCCCO[Si](CCCNCCCOC)(OCCCC)OCCCC. The fourth-order valence-electron chi connectivity index (χ4n) is 2.35. The van der Waals surface area contributed by atoms with E-state index in [0.717, 1.165) is 96.9 Å². The topological polar surface area (TPSA) is 49.0 Å². The van der Waals surface area contributed by atoms with Gasteiger partial charge in [-0.25, -0.2) is 0 Å². The molecule has 6 heteroatoms. The Bertz CT molecular complexity index is 243. The number of nitrogens with one attached hydrogen (secondary N) is 1. The minimum absolute atomic E-state index is 0.752. The van der Waals surface area contributed by atoms with Crippen LogP contribution in [0.5, 0.6) is 0 Å². The van der Waals surface area contributed by atoms with E-state index in [1.165, 1.54) is 0 Å². The van der Waals surface area contributed by atoms with Crippen LogP contribution >= 0.6 is 0 Å². The summed E-state index contributed by atoms with van der Waals surface area (Å²) in [5.74, 6) is 0. The lowest BCUT2D eigenvalue weighted by atomic mass is 10.4. The number of hydrogen-bond acceptors (Lipinski definition) is 5. The summed E-state index contributed by atoms with van der Waals surface area (Å²) in [6.45, 7) is 11.6. The van der Waals surface area contributed by atoms with Crippen LogP contribution < -0.4 is 5.32 Å². The minimum atomic E-state index is -2.55. The van der Waals surface area contributed by atoms with Gasteiger partial charge in [0.05, 0.1) is 0 Å². The number of rotatable bonds is 20. The second kappa shape index (κ2) is 18.8. The molecule has 0 heterocycles. The standard InChI is InChI=1S/C19H43NO4Si/c1-5-8-16-22-25(23-17-9-6-2,24-18-10-7-3)19-12-14-20-13-11-15-21-4/h20H,5-19H2,1-4H3. The van der Waals surface area contributed by atoms with Gasteiger partial charge in [-0.2, -0.15) is 0 Å². The zero-order chi connectivity index (χ0) is 18.6. The van der Waals surface area contributed by atoms with Gasteiger partial charge in [-0.05, 0) is 45.2 Å². The fourth-order valence-corrected chi connectivity index (χ4v) is 5.01. The van der Waals surface area contributed by atoms with E-state index in [-0.39, 0.29) is 0 Å². The number of ether oxygens (including phenoxy) is 1. The molecule has 0 aromatic carbocycles. The normalized spacial score (nSPS) is 12.0. The van der Waals surface area contributed by atoms with Crippen LogP contribution in [-0.2, 0) is 18.0 Å². The number of unbranched alkanes of at least 4 members (excludes halogenated alkanes) is 3. The maximum atomic E-state index is 6.26. The summed E-state index contributed by atoms with van der Waals surface area (Å²) in [4.78, 5) is 0. The Labute approximate surface area is 157 Å². The van der Waals surface area contributed by atoms with E-state index in [2.05, 4.69) is 26.1 Å². The van der Waals surface area contributed by atoms with Gasteiger partial charge in [0.2, 0.25) is 0 Å². The van der Waals surface area contributed by atoms with Gasteiger partial charge in [-0.15, -0.1) is 0 Å². The van der Waals surface area contributed by atoms with Crippen LogP contribution in [0.4, 0.5) is 0 Å². The minimum Gasteiger partial charge on any atom is -0.385 e. The van der Waals surface area contributed by atoms with Crippen LogP contribution in [0.3, 0.4) is 0 Å². The van der Waals surface area contributed by atoms with Crippen LogP contribution in [-0.4, -0.2) is 55.4 Å². The molecule has 1 N–H and O–H groups in total. The van der Waals surface area contributed by atoms with Gasteiger partial charge in [-0.3, -0.25) is 0 Å². The predicted molar refractivity (Wildman–Crippen MR) is 107 cm³/mol. The Morgan fingerprint density at radius 2 is 1.12 bits per heavy atom. The molecule has 0 unspecified atom stereocenters. The van der Waals surface area contributed by atoms with E-state index < -0.39 is 8.80 Å². The molecule has 0 spiro atoms. The summed E-state index contributed by atoms with van der Waals surface area (Å²) in [6, 6.07) is 0.904. The monoisotopic (exact) mass is 377 g/mol. The molecule has 0 saturated heterocycles. The summed E-state index contributed by atoms with van der Waals surface area (Å²) >= 11 is 0. The lowest BCUT2D eigenvalue weighted by molar-refractivity contribution is 0.0558. The van der Waals surface area contributed by atoms with E-state index in [4.69, 9.17) is 18.0 Å². The molecule has 0 atom stereocenters. The van der Waals surface area contributed by atoms with Crippen LogP contribution in [0.15, 0.2) is 0 Å². The van der Waals surface area contributed by atoms with Crippen molar-refractivity contribution in [2.45, 2.75) is 78.2 Å². The molecule has 152 valence electrons. The molecule has 0 rings (SSSR count). The Balaban J connectivity index is 4.43. The third-order valence-corrected chi connectivity index (χ3v) is 6.90. The van der Waals surface area contributed by atoms with Crippen molar-refractivity contribution in [1.29, 1.82) is 0 Å². The first-order valence-corrected chi connectivity index (χ1v) is 12.3. The van der Waals surface area contributed by atoms with Crippen molar-refractivity contribution in [1.82, 2.24) is 5.32 Å². The van der Waals surface area contributed by atoms with Crippen molar-refractivity contribution in [2.24, 2.45) is 0 Å². The summed E-state index contributed by atoms with van der Waals surface area (Å²) in [7, 11) is -0.802. The van der Waals surface area contributed by atoms with Gasteiger partial charge >= 0.3 is 8.80 Å². The van der Waals surface area contributed by atoms with Gasteiger partial charge in [0, 0.05) is 39.6 Å². The van der Waals surface area contributed by atoms with Gasteiger partial charge in [0.25, 0.3) is 0 Å². The summed E-state index contributed by atoms with van der Waals surface area (Å²) in [5.41, 5.74) is 0. The van der Waals surface area contributed by atoms with Crippen molar-refractivity contribution in [3.63, 3.8) is 0 Å². The highest BCUT2D eigenvalue weighted by Gasteiger charge is 2.40. The van der Waals surface area contributed by atoms with E-state index >= 15 is 0 Å². The fraction of sp³-hybridized carbons (Fsp3) is 1.00. The lowest BCUT2D eigenvalue weighted by Gasteiger charge is -2.30. The molecule has 0 aromatic rings. The van der Waals surface area contributed by atoms with Crippen LogP contribution in [0.25, 0.3) is 0 Å². The van der Waals surface area contributed by atoms with E-state index in [0.29, 0.717) is 0 Å². The lowest BCUT2D eigenvalue weighted by Crippen LogP contribution is -2.47. The third-order valence-electron chi connectivity index (χ3n) is 4.00. The van der Waals surface area contributed by atoms with Gasteiger partial charge in [0.15, 0.2) is 0 Å². The molecule has 5 nitrogen and oxygen atoms in total. The third kappa shape index (κ3) is 14.8. The first-order chi connectivity index (χ1) is 12.2. The zero-order valence-corrected chi connectivity index (χ0v) is 18.2. The van der Waals surface area contributed by atoms with Crippen LogP contribution in [0, 0.1) is 0 Å². The molecular formula is C19H43NO4Si. The predicted octanol–water partition coefficient (Wildman–Crippen LogP) is 4.39. The number of methoxy groups -OCH3 is 1. The summed E-state index contributed by atoms with van der Waals surface area (Å²) in [5, 5.41) is 3.47. The Morgan fingerprint density at radius 1 is 0.640 bits per heavy atom. The largest absolute Gasteiger partial charge is 0.501 e. The summed E-state index contributed by atoms with van der Waals surface area (Å²) < 4.78 is 23.8. The highest BCUT2D eigenvalue weighted by atomic mass is 28.4. The quantitative estimate of drug-likeness (QED) is 0.252. The van der Waals surface area contributed by atoms with Crippen LogP contribution in [0.2, 0.25) is 6.04 Å². The van der Waals surface area contributed by atoms with E-state index in [1.807, 2.05) is 0 Å². The Kier molecular flexibility index (Phi) is 18.8. The molecule has 0 radical (unpaired) electrons. The Hall–Kier alpha value is 0.0169. The molecular weight excluding hydrogens is 334 g/mol. The molecule has 0 saturated carbocycles. The van der Waals surface area contributed by atoms with Gasteiger partial charge in [0.1, 0.15) is 0 Å². The molecule has 0 amide bonds. The Morgan fingerprint density at radius 3 is 1.56 bits per heavy atom. The maximum Gasteiger partial charge on any atom is 0.501 e. The smallest absolute Gasteiger partial charge is 0.385 e. The van der Waals surface area contributed by atoms with Crippen molar-refractivity contribution in [3.8, 4) is 0 Å². The van der Waals surface area contributed by atoms with Gasteiger partial charge in [-0.1, -0.05) is 40.0 Å². The molecule has 0 aliphatic heterocycles. The highest BCUT2D eigenvalue weighted by molar-refractivity contribution is 6.60. The summed E-state index contributed by atoms with van der Waals surface area (Å²) in [6.07, 6.45) is 8.69. The number of hydrogen-bond donors (Lipinski definition) is 1. The first-order valence-electron chi connectivity index (χ1n) is 10.4. The van der Waals surface area contributed by atoms with E-state index in [1.54, 1.807) is 7.11 Å². The molecule has 25 heavy (non-hydrogen) atoms. The highest BCUT2D eigenvalue weighted by Crippen LogP contribution is 2.20. The molecule has 0 aromatic heterocycles. The zero-order valence-electron chi connectivity index (χ0n) is 17.2. The van der Waals surface area contributed by atoms with Crippen molar-refractivity contribution in [3.05, 3.63) is 0 Å². The van der Waals surface area contributed by atoms with Crippen molar-refractivity contribution < 1.29 is 18.0 Å². The molecule has 0 aliphatic rings. The molecule has 0 fully saturated rings. The molecule has 0 aliphatic carbocycles. The van der Waals surface area contributed by atoms with Crippen molar-refractivity contribution >= 4 is 8.80 Å². The maximum absolute atomic E-state index is 6.26. The second-order valence-electron chi connectivity index (χ2n) is 6.49. The first kappa shape index (κ1) is 25.0. The average Bonchev–Trinajstić information content (AvgIpc) is 2.61. The molecule has 0 bridgehead atoms. The van der Waals surface area contributed by atoms with Crippen molar-refractivity contribution in [2.75, 3.05) is 46.6 Å². The van der Waals surface area contributed by atoms with Crippen LogP contribution in [0.1, 0.15) is 72.1 Å². The average molecular weight is 378 g/mol.